The van der Waals surface area contributed by atoms with Crippen LogP contribution in [0.15, 0.2) is 30.5 Å². The van der Waals surface area contributed by atoms with E-state index in [1.165, 1.54) is 31.5 Å². The predicted octanol–water partition coefficient (Wildman–Crippen LogP) is 2.78. The molecule has 122 valence electrons. The number of benzene rings is 1. The molecular formula is C15H13ClFNO4S. The van der Waals surface area contributed by atoms with Crippen LogP contribution in [0.25, 0.3) is 11.1 Å². The van der Waals surface area contributed by atoms with Crippen LogP contribution in [-0.4, -0.2) is 38.3 Å². The maximum Gasteiger partial charge on any atom is 0.231 e. The van der Waals surface area contributed by atoms with Crippen molar-refractivity contribution < 1.29 is 22.3 Å². The van der Waals surface area contributed by atoms with E-state index in [0.29, 0.717) is 16.9 Å². The monoisotopic (exact) mass is 357 g/mol. The predicted molar refractivity (Wildman–Crippen MR) is 85.2 cm³/mol. The first kappa shape index (κ1) is 17.4. The van der Waals surface area contributed by atoms with Crippen molar-refractivity contribution in [3.8, 4) is 16.9 Å². The molecule has 0 aliphatic carbocycles. The Morgan fingerprint density at radius 1 is 1.35 bits per heavy atom. The quantitative estimate of drug-likeness (QED) is 0.607. The van der Waals surface area contributed by atoms with Crippen molar-refractivity contribution in [2.24, 2.45) is 0 Å². The topological polar surface area (TPSA) is 73.3 Å². The molecule has 0 amide bonds. The van der Waals surface area contributed by atoms with Crippen LogP contribution in [0, 0.1) is 5.95 Å². The lowest BCUT2D eigenvalue weighted by atomic mass is 10.0. The third-order valence-electron chi connectivity index (χ3n) is 3.02. The van der Waals surface area contributed by atoms with Crippen molar-refractivity contribution >= 4 is 27.2 Å². The van der Waals surface area contributed by atoms with Crippen molar-refractivity contribution in [2.75, 3.05) is 19.1 Å². The van der Waals surface area contributed by atoms with E-state index >= 15 is 0 Å². The summed E-state index contributed by atoms with van der Waals surface area (Å²) in [5.41, 5.74) is 1.27. The summed E-state index contributed by atoms with van der Waals surface area (Å²) in [5.74, 6) is -1.57. The summed E-state index contributed by atoms with van der Waals surface area (Å²) < 4.78 is 40.8. The van der Waals surface area contributed by atoms with Crippen LogP contribution in [0.2, 0.25) is 5.02 Å². The van der Waals surface area contributed by atoms with Gasteiger partial charge in [-0.25, -0.2) is 13.4 Å². The maximum atomic E-state index is 13.1. The number of nitrogens with zero attached hydrogens (tertiary/aromatic N) is 1. The van der Waals surface area contributed by atoms with Crippen LogP contribution in [0.4, 0.5) is 4.39 Å². The van der Waals surface area contributed by atoms with Gasteiger partial charge >= 0.3 is 0 Å². The number of ketones is 1. The van der Waals surface area contributed by atoms with E-state index in [0.717, 1.165) is 6.26 Å². The van der Waals surface area contributed by atoms with Gasteiger partial charge < -0.3 is 4.74 Å². The zero-order valence-corrected chi connectivity index (χ0v) is 13.9. The normalized spacial score (nSPS) is 11.3. The van der Waals surface area contributed by atoms with E-state index < -0.39 is 27.3 Å². The average Bonchev–Trinajstić information content (AvgIpc) is 2.47. The Bertz CT molecular complexity index is 868. The molecule has 0 spiro atoms. The van der Waals surface area contributed by atoms with Crippen LogP contribution in [-0.2, 0) is 9.84 Å². The highest BCUT2D eigenvalue weighted by atomic mass is 35.5. The van der Waals surface area contributed by atoms with Gasteiger partial charge in [-0.3, -0.25) is 4.79 Å². The zero-order chi connectivity index (χ0) is 17.2. The molecule has 0 unspecified atom stereocenters. The lowest BCUT2D eigenvalue weighted by Crippen LogP contribution is -2.14. The number of Topliss-reactive ketones (excluding diaryl/α,β-unsaturated/α-hetero) is 1. The Morgan fingerprint density at radius 2 is 2.04 bits per heavy atom. The van der Waals surface area contributed by atoms with Crippen molar-refractivity contribution in [3.63, 3.8) is 0 Å². The van der Waals surface area contributed by atoms with E-state index in [9.17, 15) is 17.6 Å². The van der Waals surface area contributed by atoms with E-state index in [2.05, 4.69) is 4.98 Å². The zero-order valence-electron chi connectivity index (χ0n) is 12.3. The molecule has 0 bridgehead atoms. The summed E-state index contributed by atoms with van der Waals surface area (Å²) >= 11 is 5.71. The average molecular weight is 358 g/mol. The minimum Gasteiger partial charge on any atom is -0.496 e. The molecule has 8 heteroatoms. The molecule has 1 aromatic heterocycles. The van der Waals surface area contributed by atoms with Crippen LogP contribution in [0.5, 0.6) is 5.75 Å². The van der Waals surface area contributed by atoms with E-state index in [4.69, 9.17) is 16.3 Å². The summed E-state index contributed by atoms with van der Waals surface area (Å²) in [6.45, 7) is 0. The highest BCUT2D eigenvalue weighted by Crippen LogP contribution is 2.32. The SMILES string of the molecule is COc1cc(C(=O)CS(C)(=O)=O)ccc1-c1cnc(F)c(Cl)c1. The molecule has 1 heterocycles. The summed E-state index contributed by atoms with van der Waals surface area (Å²) in [6, 6.07) is 5.86. The Balaban J connectivity index is 2.44. The molecule has 2 rings (SSSR count). The molecule has 0 saturated carbocycles. The number of hydrogen-bond donors (Lipinski definition) is 0. The van der Waals surface area contributed by atoms with Crippen molar-refractivity contribution in [1.29, 1.82) is 0 Å². The molecule has 5 nitrogen and oxygen atoms in total. The Hall–Kier alpha value is -1.99. The number of rotatable bonds is 5. The number of halogens is 2. The van der Waals surface area contributed by atoms with Gasteiger partial charge in [-0.1, -0.05) is 17.7 Å². The summed E-state index contributed by atoms with van der Waals surface area (Å²) in [6.07, 6.45) is 2.28. The van der Waals surface area contributed by atoms with Crippen LogP contribution in [0.1, 0.15) is 10.4 Å². The maximum absolute atomic E-state index is 13.1. The second-order valence-electron chi connectivity index (χ2n) is 4.90. The lowest BCUT2D eigenvalue weighted by molar-refractivity contribution is 0.102. The Morgan fingerprint density at radius 3 is 2.61 bits per heavy atom. The van der Waals surface area contributed by atoms with Gasteiger partial charge in [0.05, 0.1) is 12.1 Å². The van der Waals surface area contributed by atoms with Crippen LogP contribution in [0.3, 0.4) is 0 Å². The first-order valence-corrected chi connectivity index (χ1v) is 8.85. The van der Waals surface area contributed by atoms with Crippen LogP contribution < -0.4 is 4.74 Å². The largest absolute Gasteiger partial charge is 0.496 e. The van der Waals surface area contributed by atoms with Crippen molar-refractivity contribution in [2.45, 2.75) is 0 Å². The second-order valence-corrected chi connectivity index (χ2v) is 7.45. The number of carbonyl (C=O) groups is 1. The highest BCUT2D eigenvalue weighted by molar-refractivity contribution is 7.91. The van der Waals surface area contributed by atoms with Gasteiger partial charge in [-0.2, -0.15) is 4.39 Å². The lowest BCUT2D eigenvalue weighted by Gasteiger charge is -2.11. The summed E-state index contributed by atoms with van der Waals surface area (Å²) in [7, 11) is -2.02. The molecule has 2 aromatic rings. The van der Waals surface area contributed by atoms with E-state index in [-0.39, 0.29) is 10.6 Å². The standard InChI is InChI=1S/C15H13ClFNO4S/c1-22-14-6-9(13(19)8-23(2,20)21)3-4-11(14)10-5-12(16)15(17)18-7-10/h3-7H,8H2,1-2H3. The fraction of sp³-hybridized carbons (Fsp3) is 0.200. The molecule has 1 aromatic carbocycles. The molecule has 0 aliphatic rings. The summed E-state index contributed by atoms with van der Waals surface area (Å²) in [4.78, 5) is 15.5. The Kier molecular flexibility index (Phi) is 5.01. The van der Waals surface area contributed by atoms with Gasteiger partial charge in [-0.05, 0) is 18.2 Å². The van der Waals surface area contributed by atoms with Gasteiger partial charge in [0.15, 0.2) is 15.6 Å². The number of aromatic nitrogens is 1. The smallest absolute Gasteiger partial charge is 0.231 e. The van der Waals surface area contributed by atoms with Crippen molar-refractivity contribution in [1.82, 2.24) is 4.98 Å². The number of methoxy groups -OCH3 is 1. The first-order chi connectivity index (χ1) is 10.7. The molecule has 0 aliphatic heterocycles. The third-order valence-corrected chi connectivity index (χ3v) is 4.08. The fourth-order valence-electron chi connectivity index (χ4n) is 1.99. The van der Waals surface area contributed by atoms with Gasteiger partial charge in [0.25, 0.3) is 0 Å². The molecule has 0 fully saturated rings. The highest BCUT2D eigenvalue weighted by Gasteiger charge is 2.16. The minimum atomic E-state index is -3.42. The molecule has 0 N–H and O–H groups in total. The second kappa shape index (κ2) is 6.64. The van der Waals surface area contributed by atoms with Gasteiger partial charge in [0.1, 0.15) is 11.5 Å². The van der Waals surface area contributed by atoms with Gasteiger partial charge in [0, 0.05) is 29.1 Å². The number of ether oxygens (including phenoxy) is 1. The molecule has 0 atom stereocenters. The first-order valence-electron chi connectivity index (χ1n) is 6.41. The number of sulfone groups is 1. The minimum absolute atomic E-state index is 0.137. The fourth-order valence-corrected chi connectivity index (χ4v) is 2.80. The summed E-state index contributed by atoms with van der Waals surface area (Å²) in [5, 5.41) is -0.137. The number of hydrogen-bond acceptors (Lipinski definition) is 5. The number of pyridine rings is 1. The van der Waals surface area contributed by atoms with E-state index in [1.807, 2.05) is 0 Å². The Labute approximate surface area is 138 Å². The van der Waals surface area contributed by atoms with Gasteiger partial charge in [0.2, 0.25) is 5.95 Å². The van der Waals surface area contributed by atoms with Crippen LogP contribution >= 0.6 is 11.6 Å². The molecule has 0 radical (unpaired) electrons. The molecule has 23 heavy (non-hydrogen) atoms. The molecule has 0 saturated heterocycles. The number of carbonyl (C=O) groups excluding carboxylic acids is 1. The molecular weight excluding hydrogens is 345 g/mol. The third kappa shape index (κ3) is 4.27. The van der Waals surface area contributed by atoms with Gasteiger partial charge in [-0.15, -0.1) is 0 Å². The van der Waals surface area contributed by atoms with E-state index in [1.54, 1.807) is 6.07 Å². The van der Waals surface area contributed by atoms with Crippen molar-refractivity contribution in [3.05, 3.63) is 47.0 Å².